The molecule has 0 N–H and O–H groups in total. The molecule has 0 bridgehead atoms. The fourth-order valence-corrected chi connectivity index (χ4v) is 6.67. The lowest BCUT2D eigenvalue weighted by molar-refractivity contribution is 1.18. The number of nitrogens with zero attached hydrogens (tertiary/aromatic N) is 3. The molecule has 0 spiro atoms. The molecule has 0 fully saturated rings. The number of hydrogen-bond donors (Lipinski definition) is 0. The van der Waals surface area contributed by atoms with E-state index in [1.54, 1.807) is 0 Å². The Bertz CT molecular complexity index is 2550. The predicted molar refractivity (Wildman–Crippen MR) is 200 cm³/mol. The van der Waals surface area contributed by atoms with Gasteiger partial charge in [0.05, 0.1) is 22.6 Å². The summed E-state index contributed by atoms with van der Waals surface area (Å²) >= 11 is 0. The van der Waals surface area contributed by atoms with Crippen LogP contribution < -0.4 is 0 Å². The average Bonchev–Trinajstić information content (AvgIpc) is 3.17. The van der Waals surface area contributed by atoms with Gasteiger partial charge in [-0.2, -0.15) is 0 Å². The molecule has 2 aromatic heterocycles. The van der Waals surface area contributed by atoms with Crippen molar-refractivity contribution in [2.75, 3.05) is 0 Å². The third-order valence-corrected chi connectivity index (χ3v) is 9.03. The topological polar surface area (TPSA) is 38.7 Å². The van der Waals surface area contributed by atoms with Gasteiger partial charge in [0.1, 0.15) is 0 Å². The van der Waals surface area contributed by atoms with E-state index in [0.29, 0.717) is 5.82 Å². The normalized spacial score (nSPS) is 11.3. The van der Waals surface area contributed by atoms with E-state index in [-0.39, 0.29) is 0 Å². The smallest absolute Gasteiger partial charge is 0.160 e. The van der Waals surface area contributed by atoms with Crippen LogP contribution in [0.2, 0.25) is 0 Å². The van der Waals surface area contributed by atoms with Gasteiger partial charge in [-0.3, -0.25) is 0 Å². The first-order valence-corrected chi connectivity index (χ1v) is 16.2. The zero-order chi connectivity index (χ0) is 31.9. The molecule has 0 atom stereocenters. The molecule has 0 saturated heterocycles. The number of fused-ring (bicyclic) bond motifs is 4. The Labute approximate surface area is 278 Å². The van der Waals surface area contributed by atoms with Gasteiger partial charge in [-0.25, -0.2) is 15.0 Å². The molecule has 224 valence electrons. The van der Waals surface area contributed by atoms with E-state index < -0.39 is 0 Å². The SMILES string of the molecule is c1ccc(-c2cc(-c3ccccc3)nc(-c3cc(-c4ccc5ccccc5n4)cc(-c4cc5ccccc5c5ccccc45)c3)n2)cc1. The van der Waals surface area contributed by atoms with Gasteiger partial charge in [0, 0.05) is 27.6 Å². The van der Waals surface area contributed by atoms with E-state index in [1.165, 1.54) is 21.5 Å². The van der Waals surface area contributed by atoms with Crippen LogP contribution in [0, 0.1) is 0 Å². The minimum atomic E-state index is 0.671. The molecule has 9 aromatic rings. The van der Waals surface area contributed by atoms with Crippen LogP contribution in [-0.2, 0) is 0 Å². The standard InChI is InChI=1S/C45H29N3/c1-3-13-30(14-4-1)43-29-44(31-15-5-2-6-16-31)48-45(47-43)36-26-34(25-35(27-36)42-24-23-32-17-8-12-22-41(32)46-42)40-28-33-18-7-9-19-37(33)38-20-10-11-21-39(38)40/h1-29H. The summed E-state index contributed by atoms with van der Waals surface area (Å²) in [4.78, 5) is 15.5. The predicted octanol–water partition coefficient (Wildman–Crippen LogP) is 11.7. The highest BCUT2D eigenvalue weighted by atomic mass is 14.9. The Morgan fingerprint density at radius 1 is 0.292 bits per heavy atom. The second kappa shape index (κ2) is 11.7. The summed E-state index contributed by atoms with van der Waals surface area (Å²) in [5.74, 6) is 0.671. The zero-order valence-corrected chi connectivity index (χ0v) is 26.1. The Morgan fingerprint density at radius 3 is 1.58 bits per heavy atom. The van der Waals surface area contributed by atoms with Crippen LogP contribution >= 0.6 is 0 Å². The van der Waals surface area contributed by atoms with Gasteiger partial charge in [0.15, 0.2) is 5.82 Å². The van der Waals surface area contributed by atoms with Crippen LogP contribution in [0.25, 0.3) is 88.7 Å². The highest BCUT2D eigenvalue weighted by Crippen LogP contribution is 2.39. The molecule has 3 nitrogen and oxygen atoms in total. The van der Waals surface area contributed by atoms with E-state index in [4.69, 9.17) is 15.0 Å². The molecule has 7 aromatic carbocycles. The van der Waals surface area contributed by atoms with Gasteiger partial charge in [-0.15, -0.1) is 0 Å². The third kappa shape index (κ3) is 5.08. The van der Waals surface area contributed by atoms with Crippen molar-refractivity contribution >= 4 is 32.4 Å². The summed E-state index contributed by atoms with van der Waals surface area (Å²) in [5, 5.41) is 6.00. The van der Waals surface area contributed by atoms with E-state index >= 15 is 0 Å². The summed E-state index contributed by atoms with van der Waals surface area (Å²) in [6.07, 6.45) is 0. The first kappa shape index (κ1) is 27.8. The van der Waals surface area contributed by atoms with Crippen molar-refractivity contribution in [3.63, 3.8) is 0 Å². The molecule has 0 radical (unpaired) electrons. The number of aromatic nitrogens is 3. The molecule has 48 heavy (non-hydrogen) atoms. The Morgan fingerprint density at radius 2 is 0.854 bits per heavy atom. The summed E-state index contributed by atoms with van der Waals surface area (Å²) < 4.78 is 0. The van der Waals surface area contributed by atoms with Gasteiger partial charge in [0.25, 0.3) is 0 Å². The molecule has 0 aliphatic carbocycles. The third-order valence-electron chi connectivity index (χ3n) is 9.03. The second-order valence-corrected chi connectivity index (χ2v) is 12.1. The van der Waals surface area contributed by atoms with Crippen LogP contribution in [-0.4, -0.2) is 15.0 Å². The minimum Gasteiger partial charge on any atom is -0.248 e. The van der Waals surface area contributed by atoms with Crippen LogP contribution in [0.15, 0.2) is 176 Å². The van der Waals surface area contributed by atoms with Crippen molar-refractivity contribution in [2.45, 2.75) is 0 Å². The lowest BCUT2D eigenvalue weighted by Gasteiger charge is -2.15. The first-order valence-electron chi connectivity index (χ1n) is 16.2. The van der Waals surface area contributed by atoms with Crippen molar-refractivity contribution in [3.05, 3.63) is 176 Å². The Kier molecular flexibility index (Phi) is 6.80. The van der Waals surface area contributed by atoms with Crippen molar-refractivity contribution in [2.24, 2.45) is 0 Å². The molecule has 0 aliphatic rings. The maximum atomic E-state index is 5.20. The molecule has 0 amide bonds. The zero-order valence-electron chi connectivity index (χ0n) is 26.1. The van der Waals surface area contributed by atoms with Crippen molar-refractivity contribution in [1.29, 1.82) is 0 Å². The maximum absolute atomic E-state index is 5.20. The number of benzene rings is 7. The molecule has 0 saturated carbocycles. The second-order valence-electron chi connectivity index (χ2n) is 12.1. The van der Waals surface area contributed by atoms with Crippen LogP contribution in [0.1, 0.15) is 0 Å². The first-order chi connectivity index (χ1) is 23.8. The van der Waals surface area contributed by atoms with Crippen LogP contribution in [0.3, 0.4) is 0 Å². The largest absolute Gasteiger partial charge is 0.248 e. The van der Waals surface area contributed by atoms with E-state index in [1.807, 2.05) is 42.5 Å². The maximum Gasteiger partial charge on any atom is 0.160 e. The van der Waals surface area contributed by atoms with E-state index in [0.717, 1.165) is 61.4 Å². The Hall–Kier alpha value is -6.45. The number of rotatable bonds is 5. The monoisotopic (exact) mass is 611 g/mol. The van der Waals surface area contributed by atoms with E-state index in [9.17, 15) is 0 Å². The van der Waals surface area contributed by atoms with Gasteiger partial charge >= 0.3 is 0 Å². The molecular weight excluding hydrogens is 583 g/mol. The van der Waals surface area contributed by atoms with Gasteiger partial charge in [-0.05, 0) is 75.1 Å². The van der Waals surface area contributed by atoms with E-state index in [2.05, 4.69) is 133 Å². The summed E-state index contributed by atoms with van der Waals surface area (Å²) in [6.45, 7) is 0. The van der Waals surface area contributed by atoms with Crippen LogP contribution in [0.4, 0.5) is 0 Å². The Balaban J connectivity index is 1.33. The van der Waals surface area contributed by atoms with Gasteiger partial charge < -0.3 is 0 Å². The quantitative estimate of drug-likeness (QED) is 0.182. The molecule has 3 heteroatoms. The average molecular weight is 612 g/mol. The summed E-state index contributed by atoms with van der Waals surface area (Å²) in [5.41, 5.74) is 9.93. The number of hydrogen-bond acceptors (Lipinski definition) is 3. The summed E-state index contributed by atoms with van der Waals surface area (Å²) in [6, 6.07) is 61.5. The fourth-order valence-electron chi connectivity index (χ4n) is 6.67. The molecule has 0 aliphatic heterocycles. The fraction of sp³-hybridized carbons (Fsp3) is 0. The number of pyridine rings is 1. The van der Waals surface area contributed by atoms with Crippen molar-refractivity contribution < 1.29 is 0 Å². The molecule has 0 unspecified atom stereocenters. The van der Waals surface area contributed by atoms with Crippen molar-refractivity contribution in [3.8, 4) is 56.3 Å². The van der Waals surface area contributed by atoms with Gasteiger partial charge in [0.2, 0.25) is 0 Å². The van der Waals surface area contributed by atoms with Crippen molar-refractivity contribution in [1.82, 2.24) is 15.0 Å². The lowest BCUT2D eigenvalue weighted by Crippen LogP contribution is -1.97. The lowest BCUT2D eigenvalue weighted by atomic mass is 9.91. The van der Waals surface area contributed by atoms with Crippen LogP contribution in [0.5, 0.6) is 0 Å². The minimum absolute atomic E-state index is 0.671. The highest BCUT2D eigenvalue weighted by molar-refractivity contribution is 6.14. The molecule has 9 rings (SSSR count). The molecular formula is C45H29N3. The highest BCUT2D eigenvalue weighted by Gasteiger charge is 2.16. The van der Waals surface area contributed by atoms with Gasteiger partial charge in [-0.1, -0.05) is 133 Å². The molecule has 2 heterocycles. The number of para-hydroxylation sites is 1. The summed E-state index contributed by atoms with van der Waals surface area (Å²) in [7, 11) is 0.